The highest BCUT2D eigenvalue weighted by Gasteiger charge is 2.24. The zero-order chi connectivity index (χ0) is 12.4. The van der Waals surface area contributed by atoms with Crippen LogP contribution in [0.3, 0.4) is 0 Å². The number of nitrogens with two attached hydrogens (primary N) is 1. The molecular formula is C12H20N4O. The van der Waals surface area contributed by atoms with Crippen LogP contribution < -0.4 is 10.6 Å². The molecule has 1 aromatic rings. The lowest BCUT2D eigenvalue weighted by atomic mass is 10.2. The van der Waals surface area contributed by atoms with Gasteiger partial charge in [-0.25, -0.2) is 9.97 Å². The van der Waals surface area contributed by atoms with Gasteiger partial charge in [0.05, 0.1) is 17.9 Å². The molecule has 0 radical (unpaired) electrons. The highest BCUT2D eigenvalue weighted by atomic mass is 16.5. The summed E-state index contributed by atoms with van der Waals surface area (Å²) in [6.45, 7) is 8.23. The molecule has 0 spiro atoms. The van der Waals surface area contributed by atoms with Gasteiger partial charge in [0.15, 0.2) is 0 Å². The number of ether oxygens (including phenoxy) is 1. The van der Waals surface area contributed by atoms with E-state index in [9.17, 15) is 0 Å². The van der Waals surface area contributed by atoms with Crippen LogP contribution in [0.25, 0.3) is 0 Å². The molecular weight excluding hydrogens is 216 g/mol. The maximum Gasteiger partial charge on any atom is 0.225 e. The van der Waals surface area contributed by atoms with Crippen LogP contribution in [-0.2, 0) is 11.3 Å². The van der Waals surface area contributed by atoms with Gasteiger partial charge in [-0.05, 0) is 26.8 Å². The van der Waals surface area contributed by atoms with Crippen molar-refractivity contribution in [3.05, 3.63) is 17.5 Å². The highest BCUT2D eigenvalue weighted by molar-refractivity contribution is 5.33. The van der Waals surface area contributed by atoms with Crippen LogP contribution in [-0.4, -0.2) is 35.3 Å². The lowest BCUT2D eigenvalue weighted by Crippen LogP contribution is -2.46. The summed E-state index contributed by atoms with van der Waals surface area (Å²) < 4.78 is 5.70. The average Bonchev–Trinajstić information content (AvgIpc) is 2.26. The molecule has 1 saturated heterocycles. The molecule has 1 aromatic heterocycles. The summed E-state index contributed by atoms with van der Waals surface area (Å²) in [5.74, 6) is 0.771. The number of rotatable bonds is 2. The smallest absolute Gasteiger partial charge is 0.225 e. The molecule has 17 heavy (non-hydrogen) atoms. The van der Waals surface area contributed by atoms with Gasteiger partial charge in [-0.2, -0.15) is 0 Å². The molecule has 5 heteroatoms. The van der Waals surface area contributed by atoms with E-state index in [0.29, 0.717) is 6.54 Å². The predicted octanol–water partition coefficient (Wildman–Crippen LogP) is 0.857. The molecule has 1 fully saturated rings. The zero-order valence-electron chi connectivity index (χ0n) is 10.7. The van der Waals surface area contributed by atoms with Gasteiger partial charge < -0.3 is 15.4 Å². The van der Waals surface area contributed by atoms with Crippen molar-refractivity contribution in [1.29, 1.82) is 0 Å². The normalized spacial score (nSPS) is 25.1. The molecule has 0 amide bonds. The largest absolute Gasteiger partial charge is 0.372 e. The highest BCUT2D eigenvalue weighted by Crippen LogP contribution is 2.17. The van der Waals surface area contributed by atoms with Crippen LogP contribution in [0.5, 0.6) is 0 Å². The van der Waals surface area contributed by atoms with Gasteiger partial charge in [-0.1, -0.05) is 0 Å². The van der Waals surface area contributed by atoms with Crippen LogP contribution in [0.2, 0.25) is 0 Å². The Morgan fingerprint density at radius 1 is 1.35 bits per heavy atom. The molecule has 2 heterocycles. The van der Waals surface area contributed by atoms with Gasteiger partial charge in [-0.3, -0.25) is 0 Å². The molecule has 2 rings (SSSR count). The topological polar surface area (TPSA) is 64.3 Å². The van der Waals surface area contributed by atoms with Gasteiger partial charge in [-0.15, -0.1) is 0 Å². The summed E-state index contributed by atoms with van der Waals surface area (Å²) in [6, 6.07) is 1.93. The van der Waals surface area contributed by atoms with E-state index in [1.807, 2.05) is 13.0 Å². The maximum atomic E-state index is 5.70. The molecule has 1 aliphatic heterocycles. The summed E-state index contributed by atoms with van der Waals surface area (Å²) in [6.07, 6.45) is 0.424. The fourth-order valence-corrected chi connectivity index (χ4v) is 2.20. The van der Waals surface area contributed by atoms with Gasteiger partial charge in [0.2, 0.25) is 5.95 Å². The average molecular weight is 236 g/mol. The van der Waals surface area contributed by atoms with E-state index in [1.54, 1.807) is 0 Å². The Morgan fingerprint density at radius 2 is 2.00 bits per heavy atom. The Morgan fingerprint density at radius 3 is 2.59 bits per heavy atom. The van der Waals surface area contributed by atoms with Crippen molar-refractivity contribution in [1.82, 2.24) is 9.97 Å². The summed E-state index contributed by atoms with van der Waals surface area (Å²) in [7, 11) is 0. The first kappa shape index (κ1) is 12.3. The van der Waals surface area contributed by atoms with Crippen LogP contribution in [0.4, 0.5) is 5.95 Å². The Balaban J connectivity index is 2.23. The molecule has 0 aromatic carbocycles. The zero-order valence-corrected chi connectivity index (χ0v) is 10.7. The monoisotopic (exact) mass is 236 g/mol. The third-order valence-electron chi connectivity index (χ3n) is 2.81. The Hall–Kier alpha value is -1.20. The lowest BCUT2D eigenvalue weighted by Gasteiger charge is -2.35. The number of nitrogens with zero attached hydrogens (tertiary/aromatic N) is 3. The van der Waals surface area contributed by atoms with E-state index >= 15 is 0 Å². The van der Waals surface area contributed by atoms with Gasteiger partial charge in [0.25, 0.3) is 0 Å². The summed E-state index contributed by atoms with van der Waals surface area (Å²) in [5, 5.41) is 0. The molecule has 94 valence electrons. The van der Waals surface area contributed by atoms with E-state index in [-0.39, 0.29) is 12.2 Å². The van der Waals surface area contributed by atoms with Crippen molar-refractivity contribution >= 4 is 5.95 Å². The minimum absolute atomic E-state index is 0.212. The number of morpholine rings is 1. The van der Waals surface area contributed by atoms with Crippen molar-refractivity contribution < 1.29 is 4.74 Å². The van der Waals surface area contributed by atoms with Gasteiger partial charge >= 0.3 is 0 Å². The summed E-state index contributed by atoms with van der Waals surface area (Å²) >= 11 is 0. The van der Waals surface area contributed by atoms with Crippen molar-refractivity contribution in [2.45, 2.75) is 39.5 Å². The third-order valence-corrected chi connectivity index (χ3v) is 2.81. The standard InChI is InChI=1S/C12H20N4O/c1-8-4-11(5-13)15-12(14-8)16-6-9(2)17-10(3)7-16/h4,9-10H,5-7,13H2,1-3H3. The Bertz CT molecular complexity index is 386. The summed E-state index contributed by atoms with van der Waals surface area (Å²) in [5.41, 5.74) is 7.49. The SMILES string of the molecule is Cc1cc(CN)nc(N2CC(C)OC(C)C2)n1. The molecule has 0 bridgehead atoms. The number of aromatic nitrogens is 2. The number of aryl methyl sites for hydroxylation is 1. The van der Waals surface area contributed by atoms with Crippen LogP contribution in [0.1, 0.15) is 25.2 Å². The second-order valence-electron chi connectivity index (χ2n) is 4.67. The van der Waals surface area contributed by atoms with Crippen molar-refractivity contribution in [2.75, 3.05) is 18.0 Å². The number of hydrogen-bond donors (Lipinski definition) is 1. The molecule has 2 atom stereocenters. The fraction of sp³-hybridized carbons (Fsp3) is 0.667. The van der Waals surface area contributed by atoms with E-state index in [1.165, 1.54) is 0 Å². The van der Waals surface area contributed by atoms with E-state index < -0.39 is 0 Å². The van der Waals surface area contributed by atoms with Crippen molar-refractivity contribution in [3.8, 4) is 0 Å². The Labute approximate surface area is 102 Å². The first-order valence-electron chi connectivity index (χ1n) is 6.03. The first-order chi connectivity index (χ1) is 8.08. The van der Waals surface area contributed by atoms with E-state index in [4.69, 9.17) is 10.5 Å². The molecule has 2 N–H and O–H groups in total. The minimum atomic E-state index is 0.212. The van der Waals surface area contributed by atoms with Crippen LogP contribution >= 0.6 is 0 Å². The van der Waals surface area contributed by atoms with Crippen LogP contribution in [0.15, 0.2) is 6.07 Å². The summed E-state index contributed by atoms with van der Waals surface area (Å²) in [4.78, 5) is 11.1. The molecule has 1 aliphatic rings. The quantitative estimate of drug-likeness (QED) is 0.825. The minimum Gasteiger partial charge on any atom is -0.372 e. The van der Waals surface area contributed by atoms with Crippen LogP contribution in [0, 0.1) is 6.92 Å². The Kier molecular flexibility index (Phi) is 3.59. The van der Waals surface area contributed by atoms with E-state index in [0.717, 1.165) is 30.4 Å². The predicted molar refractivity (Wildman–Crippen MR) is 66.9 cm³/mol. The molecule has 0 aliphatic carbocycles. The lowest BCUT2D eigenvalue weighted by molar-refractivity contribution is -0.00574. The molecule has 2 unspecified atom stereocenters. The fourth-order valence-electron chi connectivity index (χ4n) is 2.20. The van der Waals surface area contributed by atoms with Crippen molar-refractivity contribution in [3.63, 3.8) is 0 Å². The number of hydrogen-bond acceptors (Lipinski definition) is 5. The number of anilines is 1. The van der Waals surface area contributed by atoms with Crippen molar-refractivity contribution in [2.24, 2.45) is 5.73 Å². The maximum absolute atomic E-state index is 5.70. The third kappa shape index (κ3) is 2.92. The van der Waals surface area contributed by atoms with E-state index in [2.05, 4.69) is 28.7 Å². The second kappa shape index (κ2) is 4.98. The molecule has 5 nitrogen and oxygen atoms in total. The van der Waals surface area contributed by atoms with Gasteiger partial charge in [0.1, 0.15) is 0 Å². The van der Waals surface area contributed by atoms with Gasteiger partial charge in [0, 0.05) is 25.3 Å². The second-order valence-corrected chi connectivity index (χ2v) is 4.67. The molecule has 0 saturated carbocycles. The first-order valence-corrected chi connectivity index (χ1v) is 6.03.